The van der Waals surface area contributed by atoms with Crippen molar-refractivity contribution in [1.82, 2.24) is 4.90 Å². The van der Waals surface area contributed by atoms with Gasteiger partial charge in [-0.05, 0) is 49.1 Å². The van der Waals surface area contributed by atoms with Crippen molar-refractivity contribution in [3.63, 3.8) is 0 Å². The molecule has 7 nitrogen and oxygen atoms in total. The van der Waals surface area contributed by atoms with Crippen LogP contribution in [-0.4, -0.2) is 34.7 Å². The summed E-state index contributed by atoms with van der Waals surface area (Å²) in [4.78, 5) is 36.6. The van der Waals surface area contributed by atoms with Crippen LogP contribution in [0.15, 0.2) is 48.5 Å². The lowest BCUT2D eigenvalue weighted by molar-refractivity contribution is -0.384. The Bertz CT molecular complexity index is 825. The first-order valence-electron chi connectivity index (χ1n) is 8.95. The third kappa shape index (κ3) is 4.91. The van der Waals surface area contributed by atoms with E-state index in [0.717, 1.165) is 25.9 Å². The lowest BCUT2D eigenvalue weighted by Crippen LogP contribution is -2.35. The maximum Gasteiger partial charge on any atom is 0.269 e. The number of nitrogens with zero attached hydrogens (tertiary/aromatic N) is 2. The van der Waals surface area contributed by atoms with E-state index in [9.17, 15) is 19.7 Å². The Balaban J connectivity index is 1.56. The monoisotopic (exact) mass is 367 g/mol. The topological polar surface area (TPSA) is 92.5 Å². The molecule has 27 heavy (non-hydrogen) atoms. The maximum absolute atomic E-state index is 12.4. The lowest BCUT2D eigenvalue weighted by Gasteiger charge is -2.26. The highest BCUT2D eigenvalue weighted by molar-refractivity contribution is 5.96. The van der Waals surface area contributed by atoms with Crippen molar-refractivity contribution < 1.29 is 14.5 Å². The molecule has 2 amide bonds. The Morgan fingerprint density at radius 1 is 0.963 bits per heavy atom. The molecule has 1 saturated heterocycles. The van der Waals surface area contributed by atoms with E-state index < -0.39 is 4.92 Å². The zero-order chi connectivity index (χ0) is 19.2. The van der Waals surface area contributed by atoms with Gasteiger partial charge in [0.15, 0.2) is 0 Å². The number of benzene rings is 2. The molecule has 2 aromatic carbocycles. The van der Waals surface area contributed by atoms with E-state index in [2.05, 4.69) is 5.32 Å². The molecule has 7 heteroatoms. The Labute approximate surface area is 157 Å². The molecule has 1 N–H and O–H groups in total. The van der Waals surface area contributed by atoms with Crippen molar-refractivity contribution in [3.05, 3.63) is 69.8 Å². The van der Waals surface area contributed by atoms with Crippen LogP contribution < -0.4 is 5.32 Å². The molecule has 1 aliphatic rings. The van der Waals surface area contributed by atoms with Crippen molar-refractivity contribution in [2.45, 2.75) is 25.7 Å². The average molecular weight is 367 g/mol. The molecule has 0 aliphatic carbocycles. The summed E-state index contributed by atoms with van der Waals surface area (Å²) < 4.78 is 0. The van der Waals surface area contributed by atoms with Crippen molar-refractivity contribution in [2.75, 3.05) is 18.4 Å². The minimum atomic E-state index is -0.476. The van der Waals surface area contributed by atoms with Crippen molar-refractivity contribution >= 4 is 23.2 Å². The van der Waals surface area contributed by atoms with Gasteiger partial charge in [-0.3, -0.25) is 19.7 Å². The molecule has 0 aromatic heterocycles. The highest BCUT2D eigenvalue weighted by Gasteiger charge is 2.18. The smallest absolute Gasteiger partial charge is 0.269 e. The van der Waals surface area contributed by atoms with Crippen LogP contribution in [0.1, 0.15) is 35.2 Å². The second kappa shape index (κ2) is 8.44. The largest absolute Gasteiger partial charge is 0.339 e. The van der Waals surface area contributed by atoms with E-state index in [0.29, 0.717) is 16.8 Å². The van der Waals surface area contributed by atoms with Gasteiger partial charge in [-0.25, -0.2) is 0 Å². The third-order valence-electron chi connectivity index (χ3n) is 4.57. The second-order valence-electron chi connectivity index (χ2n) is 6.58. The van der Waals surface area contributed by atoms with Gasteiger partial charge in [0.05, 0.1) is 11.3 Å². The summed E-state index contributed by atoms with van der Waals surface area (Å²) in [6, 6.07) is 12.8. The van der Waals surface area contributed by atoms with Crippen LogP contribution in [0.3, 0.4) is 0 Å². The Morgan fingerprint density at radius 2 is 1.59 bits per heavy atom. The van der Waals surface area contributed by atoms with E-state index in [4.69, 9.17) is 0 Å². The van der Waals surface area contributed by atoms with Gasteiger partial charge in [-0.15, -0.1) is 0 Å². The first-order chi connectivity index (χ1) is 13.0. The minimum absolute atomic E-state index is 0.00637. The number of carbonyl (C=O) groups is 2. The van der Waals surface area contributed by atoms with Gasteiger partial charge >= 0.3 is 0 Å². The van der Waals surface area contributed by atoms with Crippen LogP contribution in [-0.2, 0) is 11.2 Å². The number of nitro benzene ring substituents is 1. The van der Waals surface area contributed by atoms with Crippen molar-refractivity contribution in [2.24, 2.45) is 0 Å². The molecule has 0 spiro atoms. The fourth-order valence-corrected chi connectivity index (χ4v) is 3.10. The average Bonchev–Trinajstić information content (AvgIpc) is 2.69. The van der Waals surface area contributed by atoms with Gasteiger partial charge in [0, 0.05) is 36.5 Å². The number of hydrogen-bond acceptors (Lipinski definition) is 4. The maximum atomic E-state index is 12.4. The number of rotatable bonds is 5. The normalized spacial score (nSPS) is 13.9. The highest BCUT2D eigenvalue weighted by atomic mass is 16.6. The predicted molar refractivity (Wildman–Crippen MR) is 102 cm³/mol. The molecule has 1 heterocycles. The van der Waals surface area contributed by atoms with Gasteiger partial charge in [0.1, 0.15) is 0 Å². The Kier molecular flexibility index (Phi) is 5.80. The van der Waals surface area contributed by atoms with Crippen LogP contribution in [0.5, 0.6) is 0 Å². The minimum Gasteiger partial charge on any atom is -0.339 e. The molecular weight excluding hydrogens is 346 g/mol. The standard InChI is InChI=1S/C20H21N3O4/c24-19(14-15-4-10-18(11-5-15)23(26)27)21-17-8-6-16(7-9-17)20(25)22-12-2-1-3-13-22/h4-11H,1-3,12-14H2,(H,21,24). The molecule has 0 unspecified atom stereocenters. The number of non-ortho nitro benzene ring substituents is 1. The predicted octanol–water partition coefficient (Wildman–Crippen LogP) is 3.40. The number of amides is 2. The molecule has 3 rings (SSSR count). The van der Waals surface area contributed by atoms with E-state index in [1.165, 1.54) is 18.6 Å². The molecule has 140 valence electrons. The molecule has 1 aliphatic heterocycles. The van der Waals surface area contributed by atoms with E-state index in [-0.39, 0.29) is 23.9 Å². The summed E-state index contributed by atoms with van der Waals surface area (Å²) in [5, 5.41) is 13.4. The quantitative estimate of drug-likeness (QED) is 0.647. The summed E-state index contributed by atoms with van der Waals surface area (Å²) in [5.74, 6) is -0.197. The van der Waals surface area contributed by atoms with E-state index in [1.54, 1.807) is 36.4 Å². The van der Waals surface area contributed by atoms with E-state index in [1.807, 2.05) is 4.90 Å². The van der Waals surface area contributed by atoms with Crippen molar-refractivity contribution in [3.8, 4) is 0 Å². The summed E-state index contributed by atoms with van der Waals surface area (Å²) in [6.45, 7) is 1.60. The number of likely N-dealkylation sites (tertiary alicyclic amines) is 1. The van der Waals surface area contributed by atoms with Crippen LogP contribution in [0.2, 0.25) is 0 Å². The molecule has 0 radical (unpaired) electrons. The van der Waals surface area contributed by atoms with Gasteiger partial charge in [-0.2, -0.15) is 0 Å². The summed E-state index contributed by atoms with van der Waals surface area (Å²) in [5.41, 5.74) is 1.91. The number of piperidine rings is 1. The first-order valence-corrected chi connectivity index (χ1v) is 8.95. The first kappa shape index (κ1) is 18.6. The number of nitrogens with one attached hydrogen (secondary N) is 1. The van der Waals surface area contributed by atoms with E-state index >= 15 is 0 Å². The summed E-state index contributed by atoms with van der Waals surface area (Å²) >= 11 is 0. The summed E-state index contributed by atoms with van der Waals surface area (Å²) in [6.07, 6.45) is 3.38. The number of anilines is 1. The fourth-order valence-electron chi connectivity index (χ4n) is 3.10. The highest BCUT2D eigenvalue weighted by Crippen LogP contribution is 2.16. The molecule has 0 saturated carbocycles. The number of carbonyl (C=O) groups excluding carboxylic acids is 2. The SMILES string of the molecule is O=C(Cc1ccc([N+](=O)[O-])cc1)Nc1ccc(C(=O)N2CCCCC2)cc1. The zero-order valence-corrected chi connectivity index (χ0v) is 14.9. The van der Waals surface area contributed by atoms with Crippen molar-refractivity contribution in [1.29, 1.82) is 0 Å². The van der Waals surface area contributed by atoms with Gasteiger partial charge in [0.2, 0.25) is 5.91 Å². The zero-order valence-electron chi connectivity index (χ0n) is 14.9. The molecule has 0 bridgehead atoms. The van der Waals surface area contributed by atoms with Crippen LogP contribution in [0.4, 0.5) is 11.4 Å². The number of hydrogen-bond donors (Lipinski definition) is 1. The Morgan fingerprint density at radius 3 is 2.19 bits per heavy atom. The fraction of sp³-hybridized carbons (Fsp3) is 0.300. The van der Waals surface area contributed by atoms with Crippen LogP contribution >= 0.6 is 0 Å². The molecular formula is C20H21N3O4. The van der Waals surface area contributed by atoms with Crippen LogP contribution in [0.25, 0.3) is 0 Å². The van der Waals surface area contributed by atoms with Gasteiger partial charge in [-0.1, -0.05) is 12.1 Å². The second-order valence-corrected chi connectivity index (χ2v) is 6.58. The van der Waals surface area contributed by atoms with Crippen LogP contribution in [0, 0.1) is 10.1 Å². The molecule has 2 aromatic rings. The molecule has 0 atom stereocenters. The Hall–Kier alpha value is -3.22. The van der Waals surface area contributed by atoms with Gasteiger partial charge in [0.25, 0.3) is 11.6 Å². The lowest BCUT2D eigenvalue weighted by atomic mass is 10.1. The summed E-state index contributed by atoms with van der Waals surface area (Å²) in [7, 11) is 0. The third-order valence-corrected chi connectivity index (χ3v) is 4.57. The van der Waals surface area contributed by atoms with Gasteiger partial charge < -0.3 is 10.2 Å². The number of nitro groups is 1. The molecule has 1 fully saturated rings.